The molecule has 1 N–H and O–H groups in total. The van der Waals surface area contributed by atoms with Crippen molar-refractivity contribution in [1.29, 1.82) is 0 Å². The predicted molar refractivity (Wildman–Crippen MR) is 79.4 cm³/mol. The number of fused-ring (bicyclic) bond motifs is 1. The van der Waals surface area contributed by atoms with Gasteiger partial charge >= 0.3 is 0 Å². The summed E-state index contributed by atoms with van der Waals surface area (Å²) in [5, 5.41) is 0.252. The van der Waals surface area contributed by atoms with E-state index in [1.807, 2.05) is 6.92 Å². The summed E-state index contributed by atoms with van der Waals surface area (Å²) in [6, 6.07) is 0. The van der Waals surface area contributed by atoms with E-state index in [2.05, 4.69) is 35.0 Å². The maximum absolute atomic E-state index is 12.5. The molecule has 114 valence electrons. The van der Waals surface area contributed by atoms with Gasteiger partial charge in [0, 0.05) is 19.0 Å². The van der Waals surface area contributed by atoms with Crippen molar-refractivity contribution in [2.45, 2.75) is 70.4 Å². The van der Waals surface area contributed by atoms with E-state index in [1.165, 1.54) is 0 Å². The molecule has 0 aromatic carbocycles. The Balaban J connectivity index is 2.54. The number of aromatic nitrogens is 2. The molecule has 0 radical (unpaired) electrons. The van der Waals surface area contributed by atoms with Crippen LogP contribution in [0.1, 0.15) is 70.3 Å². The first-order valence-electron chi connectivity index (χ1n) is 7.48. The minimum Gasteiger partial charge on any atom is -0.330 e. The van der Waals surface area contributed by atoms with Gasteiger partial charge in [-0.05, 0) is 25.2 Å². The third-order valence-corrected chi connectivity index (χ3v) is 5.19. The monoisotopic (exact) mass is 299 g/mol. The molecule has 0 fully saturated rings. The molecular weight excluding hydrogens is 274 g/mol. The van der Waals surface area contributed by atoms with Gasteiger partial charge in [0.05, 0.1) is 5.69 Å². The Labute approximate surface area is 121 Å². The van der Waals surface area contributed by atoms with E-state index >= 15 is 0 Å². The molecule has 1 aliphatic rings. The van der Waals surface area contributed by atoms with Crippen LogP contribution in [0.2, 0.25) is 0 Å². The Kier molecular flexibility index (Phi) is 4.54. The van der Waals surface area contributed by atoms with E-state index in [0.29, 0.717) is 6.54 Å². The van der Waals surface area contributed by atoms with Crippen LogP contribution in [-0.4, -0.2) is 24.5 Å². The van der Waals surface area contributed by atoms with Crippen molar-refractivity contribution in [1.82, 2.24) is 14.3 Å². The van der Waals surface area contributed by atoms with E-state index in [1.54, 1.807) is 0 Å². The zero-order chi connectivity index (χ0) is 14.9. The summed E-state index contributed by atoms with van der Waals surface area (Å²) >= 11 is 0. The lowest BCUT2D eigenvalue weighted by molar-refractivity contribution is 0.451. The van der Waals surface area contributed by atoms with E-state index in [4.69, 9.17) is 0 Å². The number of rotatable bonds is 5. The summed E-state index contributed by atoms with van der Waals surface area (Å²) in [5.74, 6) is 1.37. The third-order valence-electron chi connectivity index (χ3n) is 3.80. The highest BCUT2D eigenvalue weighted by Gasteiger charge is 2.32. The second kappa shape index (κ2) is 5.85. The minimum atomic E-state index is -3.49. The van der Waals surface area contributed by atoms with Crippen LogP contribution in [0.25, 0.3) is 0 Å². The van der Waals surface area contributed by atoms with Gasteiger partial charge in [0.25, 0.3) is 10.0 Å². The summed E-state index contributed by atoms with van der Waals surface area (Å²) < 4.78 is 29.7. The minimum absolute atomic E-state index is 0.231. The van der Waals surface area contributed by atoms with E-state index in [-0.39, 0.29) is 16.9 Å². The van der Waals surface area contributed by atoms with Gasteiger partial charge in [0.15, 0.2) is 5.03 Å². The average molecular weight is 299 g/mol. The Bertz CT molecular complexity index is 575. The molecule has 5 nitrogen and oxygen atoms in total. The fourth-order valence-corrected chi connectivity index (χ4v) is 4.22. The lowest BCUT2D eigenvalue weighted by Crippen LogP contribution is -2.27. The normalized spacial score (nSPS) is 19.4. The van der Waals surface area contributed by atoms with Crippen LogP contribution >= 0.6 is 0 Å². The summed E-state index contributed by atoms with van der Waals surface area (Å²) in [6.07, 6.45) is 2.90. The van der Waals surface area contributed by atoms with Crippen LogP contribution in [0.3, 0.4) is 0 Å². The smallest absolute Gasteiger partial charge is 0.259 e. The van der Waals surface area contributed by atoms with Crippen molar-refractivity contribution < 1.29 is 8.42 Å². The molecule has 1 atom stereocenters. The molecule has 20 heavy (non-hydrogen) atoms. The van der Waals surface area contributed by atoms with Crippen molar-refractivity contribution >= 4 is 10.0 Å². The summed E-state index contributed by atoms with van der Waals surface area (Å²) in [4.78, 5) is 4.48. The first kappa shape index (κ1) is 15.5. The second-order valence-corrected chi connectivity index (χ2v) is 7.59. The van der Waals surface area contributed by atoms with Crippen molar-refractivity contribution in [3.63, 3.8) is 0 Å². The van der Waals surface area contributed by atoms with Gasteiger partial charge in [-0.15, -0.1) is 0 Å². The highest BCUT2D eigenvalue weighted by Crippen LogP contribution is 2.34. The Morgan fingerprint density at radius 2 is 2.15 bits per heavy atom. The molecule has 1 aliphatic heterocycles. The summed E-state index contributed by atoms with van der Waals surface area (Å²) in [5.41, 5.74) is 0.892. The largest absolute Gasteiger partial charge is 0.330 e. The zero-order valence-corrected chi connectivity index (χ0v) is 13.6. The Morgan fingerprint density at radius 3 is 2.75 bits per heavy atom. The lowest BCUT2D eigenvalue weighted by Gasteiger charge is -2.23. The molecule has 1 aromatic heterocycles. The molecule has 0 bridgehead atoms. The van der Waals surface area contributed by atoms with Gasteiger partial charge in [-0.1, -0.05) is 27.7 Å². The molecule has 0 saturated carbocycles. The van der Waals surface area contributed by atoms with Crippen LogP contribution < -0.4 is 4.72 Å². The van der Waals surface area contributed by atoms with Gasteiger partial charge in [-0.3, -0.25) is 0 Å². The van der Waals surface area contributed by atoms with Crippen molar-refractivity contribution in [3.8, 4) is 0 Å². The predicted octanol–water partition coefficient (Wildman–Crippen LogP) is 2.59. The number of hydrogen-bond acceptors (Lipinski definition) is 3. The standard InChI is InChI=1S/C14H25N3O2S/c1-5-8-15-20(18,19)14-12-11(4)7-6-9-17(12)13(16-14)10(2)3/h10-11,15H,5-9H2,1-4H3. The summed E-state index contributed by atoms with van der Waals surface area (Å²) in [6.45, 7) is 9.50. The van der Waals surface area contributed by atoms with Crippen LogP contribution in [-0.2, 0) is 16.6 Å². The molecule has 0 saturated heterocycles. The Morgan fingerprint density at radius 1 is 1.45 bits per heavy atom. The SMILES string of the molecule is CCCNS(=O)(=O)c1nc(C(C)C)n2c1C(C)CCC2. The van der Waals surface area contributed by atoms with Crippen molar-refractivity contribution in [3.05, 3.63) is 11.5 Å². The van der Waals surface area contributed by atoms with E-state index < -0.39 is 10.0 Å². The van der Waals surface area contributed by atoms with Gasteiger partial charge in [-0.25, -0.2) is 18.1 Å². The Hall–Kier alpha value is -0.880. The average Bonchev–Trinajstić information content (AvgIpc) is 2.78. The van der Waals surface area contributed by atoms with Gasteiger partial charge in [0.1, 0.15) is 5.82 Å². The molecule has 0 spiro atoms. The number of sulfonamides is 1. The molecule has 2 heterocycles. The van der Waals surface area contributed by atoms with Crippen LogP contribution in [0, 0.1) is 0 Å². The fraction of sp³-hybridized carbons (Fsp3) is 0.786. The molecule has 0 amide bonds. The molecule has 6 heteroatoms. The van der Waals surface area contributed by atoms with E-state index in [9.17, 15) is 8.42 Å². The van der Waals surface area contributed by atoms with Crippen LogP contribution in [0.4, 0.5) is 0 Å². The topological polar surface area (TPSA) is 64.0 Å². The van der Waals surface area contributed by atoms with Crippen LogP contribution in [0.5, 0.6) is 0 Å². The second-order valence-electron chi connectivity index (χ2n) is 5.91. The molecule has 2 rings (SSSR count). The van der Waals surface area contributed by atoms with E-state index in [0.717, 1.165) is 37.3 Å². The molecule has 1 aromatic rings. The number of nitrogens with zero attached hydrogens (tertiary/aromatic N) is 2. The lowest BCUT2D eigenvalue weighted by atomic mass is 9.98. The highest BCUT2D eigenvalue weighted by atomic mass is 32.2. The first-order valence-corrected chi connectivity index (χ1v) is 8.96. The zero-order valence-electron chi connectivity index (χ0n) is 12.8. The number of imidazole rings is 1. The van der Waals surface area contributed by atoms with Gasteiger partial charge in [0.2, 0.25) is 0 Å². The van der Waals surface area contributed by atoms with Crippen molar-refractivity contribution in [2.75, 3.05) is 6.54 Å². The van der Waals surface area contributed by atoms with Gasteiger partial charge in [-0.2, -0.15) is 0 Å². The molecular formula is C14H25N3O2S. The third kappa shape index (κ3) is 2.76. The molecule has 1 unspecified atom stereocenters. The fourth-order valence-electron chi connectivity index (χ4n) is 2.81. The highest BCUT2D eigenvalue weighted by molar-refractivity contribution is 7.89. The van der Waals surface area contributed by atoms with Gasteiger partial charge < -0.3 is 4.57 Å². The molecule has 0 aliphatic carbocycles. The first-order chi connectivity index (χ1) is 9.38. The number of hydrogen-bond donors (Lipinski definition) is 1. The maximum Gasteiger partial charge on any atom is 0.259 e. The summed E-state index contributed by atoms with van der Waals surface area (Å²) in [7, 11) is -3.49. The van der Waals surface area contributed by atoms with Crippen molar-refractivity contribution in [2.24, 2.45) is 0 Å². The number of nitrogens with one attached hydrogen (secondary N) is 1. The quantitative estimate of drug-likeness (QED) is 0.909. The maximum atomic E-state index is 12.5. The van der Waals surface area contributed by atoms with Crippen LogP contribution in [0.15, 0.2) is 5.03 Å².